The van der Waals surface area contributed by atoms with E-state index in [1.54, 1.807) is 0 Å². The number of para-hydroxylation sites is 2. The number of benzene rings is 1. The van der Waals surface area contributed by atoms with E-state index in [4.69, 9.17) is 4.98 Å². The number of hydrogen-bond donors (Lipinski definition) is 1. The topological polar surface area (TPSA) is 29.9 Å². The molecule has 0 aliphatic heterocycles. The van der Waals surface area contributed by atoms with E-state index in [2.05, 4.69) is 41.9 Å². The van der Waals surface area contributed by atoms with Gasteiger partial charge in [0.1, 0.15) is 5.82 Å². The van der Waals surface area contributed by atoms with Gasteiger partial charge >= 0.3 is 0 Å². The molecule has 2 aromatic rings. The molecule has 0 bridgehead atoms. The summed E-state index contributed by atoms with van der Waals surface area (Å²) in [6.45, 7) is 5.38. The molecule has 0 radical (unpaired) electrons. The SMILES string of the molecule is CNCCc1nc2ccccc2n1C(C)C. The van der Waals surface area contributed by atoms with Crippen LogP contribution in [0.2, 0.25) is 0 Å². The van der Waals surface area contributed by atoms with Crippen LogP contribution in [0.5, 0.6) is 0 Å². The second-order valence-electron chi connectivity index (χ2n) is 4.33. The van der Waals surface area contributed by atoms with Crippen molar-refractivity contribution in [1.82, 2.24) is 14.9 Å². The van der Waals surface area contributed by atoms with Crippen molar-refractivity contribution >= 4 is 11.0 Å². The second-order valence-corrected chi connectivity index (χ2v) is 4.33. The molecule has 0 atom stereocenters. The van der Waals surface area contributed by atoms with Crippen molar-refractivity contribution in [3.8, 4) is 0 Å². The highest BCUT2D eigenvalue weighted by Crippen LogP contribution is 2.20. The van der Waals surface area contributed by atoms with Crippen LogP contribution in [0.3, 0.4) is 0 Å². The summed E-state index contributed by atoms with van der Waals surface area (Å²) < 4.78 is 2.33. The lowest BCUT2D eigenvalue weighted by molar-refractivity contribution is 0.577. The van der Waals surface area contributed by atoms with Crippen LogP contribution >= 0.6 is 0 Å². The maximum atomic E-state index is 4.69. The molecule has 0 unspecified atom stereocenters. The van der Waals surface area contributed by atoms with Crippen molar-refractivity contribution in [3.05, 3.63) is 30.1 Å². The minimum Gasteiger partial charge on any atom is -0.325 e. The number of rotatable bonds is 4. The van der Waals surface area contributed by atoms with Gasteiger partial charge in [0.25, 0.3) is 0 Å². The van der Waals surface area contributed by atoms with Gasteiger partial charge < -0.3 is 9.88 Å². The minimum absolute atomic E-state index is 0.458. The summed E-state index contributed by atoms with van der Waals surface area (Å²) in [5.41, 5.74) is 2.34. The Balaban J connectivity index is 2.50. The molecule has 3 heteroatoms. The molecule has 1 heterocycles. The Bertz CT molecular complexity index is 471. The molecular formula is C13H19N3. The first kappa shape index (κ1) is 11.1. The molecule has 0 saturated carbocycles. The van der Waals surface area contributed by atoms with Crippen LogP contribution in [0, 0.1) is 0 Å². The fourth-order valence-electron chi connectivity index (χ4n) is 2.08. The lowest BCUT2D eigenvalue weighted by Gasteiger charge is -2.12. The molecule has 0 aliphatic carbocycles. The lowest BCUT2D eigenvalue weighted by atomic mass is 10.3. The Hall–Kier alpha value is -1.35. The zero-order valence-electron chi connectivity index (χ0n) is 10.2. The maximum Gasteiger partial charge on any atom is 0.111 e. The van der Waals surface area contributed by atoms with Gasteiger partial charge in [0, 0.05) is 19.0 Å². The van der Waals surface area contributed by atoms with Gasteiger partial charge in [0.05, 0.1) is 11.0 Å². The number of nitrogens with one attached hydrogen (secondary N) is 1. The third-order valence-electron chi connectivity index (χ3n) is 2.78. The van der Waals surface area contributed by atoms with Crippen LogP contribution in [-0.4, -0.2) is 23.1 Å². The van der Waals surface area contributed by atoms with Gasteiger partial charge in [-0.2, -0.15) is 0 Å². The molecule has 2 rings (SSSR count). The molecule has 0 amide bonds. The van der Waals surface area contributed by atoms with E-state index in [-0.39, 0.29) is 0 Å². The van der Waals surface area contributed by atoms with E-state index >= 15 is 0 Å². The number of fused-ring (bicyclic) bond motifs is 1. The Morgan fingerprint density at radius 3 is 2.75 bits per heavy atom. The zero-order chi connectivity index (χ0) is 11.5. The van der Waals surface area contributed by atoms with Gasteiger partial charge in [0.15, 0.2) is 0 Å². The molecule has 0 fully saturated rings. The Morgan fingerprint density at radius 2 is 2.06 bits per heavy atom. The summed E-state index contributed by atoms with van der Waals surface area (Å²) in [6, 6.07) is 8.80. The van der Waals surface area contributed by atoms with Crippen LogP contribution in [0.25, 0.3) is 11.0 Å². The zero-order valence-corrected chi connectivity index (χ0v) is 10.2. The first-order chi connectivity index (χ1) is 7.74. The Labute approximate surface area is 96.5 Å². The van der Waals surface area contributed by atoms with Gasteiger partial charge in [-0.25, -0.2) is 4.98 Å². The van der Waals surface area contributed by atoms with Crippen LogP contribution in [0.1, 0.15) is 25.7 Å². The fraction of sp³-hybridized carbons (Fsp3) is 0.462. The molecule has 3 nitrogen and oxygen atoms in total. The summed E-state index contributed by atoms with van der Waals surface area (Å²) in [5.74, 6) is 1.17. The first-order valence-electron chi connectivity index (χ1n) is 5.84. The summed E-state index contributed by atoms with van der Waals surface area (Å²) in [7, 11) is 1.97. The number of aromatic nitrogens is 2. The summed E-state index contributed by atoms with van der Waals surface area (Å²) in [5, 5.41) is 3.17. The number of nitrogens with zero attached hydrogens (tertiary/aromatic N) is 2. The van der Waals surface area contributed by atoms with Crippen LogP contribution in [0.4, 0.5) is 0 Å². The predicted molar refractivity (Wildman–Crippen MR) is 67.7 cm³/mol. The van der Waals surface area contributed by atoms with Gasteiger partial charge in [-0.3, -0.25) is 0 Å². The van der Waals surface area contributed by atoms with Gasteiger partial charge in [-0.15, -0.1) is 0 Å². The second kappa shape index (κ2) is 4.66. The maximum absolute atomic E-state index is 4.69. The summed E-state index contributed by atoms with van der Waals surface area (Å²) in [6.07, 6.45) is 0.976. The molecular weight excluding hydrogens is 198 g/mol. The molecule has 0 aliphatic rings. The molecule has 1 aromatic carbocycles. The van der Waals surface area contributed by atoms with Gasteiger partial charge in [-0.05, 0) is 33.0 Å². The van der Waals surface area contributed by atoms with E-state index in [1.165, 1.54) is 11.3 Å². The van der Waals surface area contributed by atoms with Crippen molar-refractivity contribution < 1.29 is 0 Å². The van der Waals surface area contributed by atoms with Crippen LogP contribution < -0.4 is 5.32 Å². The van der Waals surface area contributed by atoms with Crippen LogP contribution in [-0.2, 0) is 6.42 Å². The normalized spacial score (nSPS) is 11.5. The molecule has 0 saturated heterocycles. The third-order valence-corrected chi connectivity index (χ3v) is 2.78. The average molecular weight is 217 g/mol. The number of hydrogen-bond acceptors (Lipinski definition) is 2. The van der Waals surface area contributed by atoms with Crippen molar-refractivity contribution in [2.75, 3.05) is 13.6 Å². The quantitative estimate of drug-likeness (QED) is 0.852. The highest BCUT2D eigenvalue weighted by molar-refractivity contribution is 5.76. The van der Waals surface area contributed by atoms with E-state index in [1.807, 2.05) is 13.1 Å². The van der Waals surface area contributed by atoms with E-state index in [0.717, 1.165) is 18.5 Å². The number of imidazole rings is 1. The highest BCUT2D eigenvalue weighted by Gasteiger charge is 2.11. The van der Waals surface area contributed by atoms with Gasteiger partial charge in [0.2, 0.25) is 0 Å². The molecule has 86 valence electrons. The van der Waals surface area contributed by atoms with Crippen molar-refractivity contribution in [3.63, 3.8) is 0 Å². The lowest BCUT2D eigenvalue weighted by Crippen LogP contribution is -2.15. The highest BCUT2D eigenvalue weighted by atomic mass is 15.1. The summed E-state index contributed by atoms with van der Waals surface area (Å²) in [4.78, 5) is 4.69. The summed E-state index contributed by atoms with van der Waals surface area (Å²) >= 11 is 0. The number of likely N-dealkylation sites (N-methyl/N-ethyl adjacent to an activating group) is 1. The average Bonchev–Trinajstić information content (AvgIpc) is 2.64. The van der Waals surface area contributed by atoms with Crippen molar-refractivity contribution in [2.45, 2.75) is 26.3 Å². The fourth-order valence-corrected chi connectivity index (χ4v) is 2.08. The van der Waals surface area contributed by atoms with E-state index in [9.17, 15) is 0 Å². The Kier molecular flexibility index (Phi) is 3.25. The smallest absolute Gasteiger partial charge is 0.111 e. The minimum atomic E-state index is 0.458. The standard InChI is InChI=1S/C13H19N3/c1-10(2)16-12-7-5-4-6-11(12)15-13(16)8-9-14-3/h4-7,10,14H,8-9H2,1-3H3. The van der Waals surface area contributed by atoms with E-state index in [0.29, 0.717) is 6.04 Å². The van der Waals surface area contributed by atoms with Crippen molar-refractivity contribution in [2.24, 2.45) is 0 Å². The third kappa shape index (κ3) is 1.95. The largest absolute Gasteiger partial charge is 0.325 e. The van der Waals surface area contributed by atoms with E-state index < -0.39 is 0 Å². The van der Waals surface area contributed by atoms with Crippen LogP contribution in [0.15, 0.2) is 24.3 Å². The predicted octanol–water partition coefficient (Wildman–Crippen LogP) is 2.38. The monoisotopic (exact) mass is 217 g/mol. The van der Waals surface area contributed by atoms with Crippen molar-refractivity contribution in [1.29, 1.82) is 0 Å². The molecule has 1 N–H and O–H groups in total. The molecule has 0 spiro atoms. The molecule has 1 aromatic heterocycles. The first-order valence-corrected chi connectivity index (χ1v) is 5.84. The van der Waals surface area contributed by atoms with Gasteiger partial charge in [-0.1, -0.05) is 12.1 Å². The Morgan fingerprint density at radius 1 is 1.31 bits per heavy atom. The molecule has 16 heavy (non-hydrogen) atoms.